The molecule has 0 aliphatic heterocycles. The topological polar surface area (TPSA) is 23.5 Å². The number of aromatic hydroxyl groups is 1. The normalized spacial score (nSPS) is 24.3. The molecule has 1 aliphatic rings. The van der Waals surface area contributed by atoms with Crippen molar-refractivity contribution in [3.8, 4) is 5.75 Å². The predicted molar refractivity (Wildman–Crippen MR) is 91.9 cm³/mol. The summed E-state index contributed by atoms with van der Waals surface area (Å²) in [4.78, 5) is 2.30. The maximum Gasteiger partial charge on any atom is 0.134 e. The van der Waals surface area contributed by atoms with Crippen molar-refractivity contribution in [1.82, 2.24) is 4.90 Å². The van der Waals surface area contributed by atoms with Crippen LogP contribution in [0.25, 0.3) is 0 Å². The van der Waals surface area contributed by atoms with E-state index < -0.39 is 0 Å². The SMILES string of the molecule is CC1c2cc(Cl)c(O)cc2C(c2ccccc2)CC1N(C)C. The summed E-state index contributed by atoms with van der Waals surface area (Å²) in [5.41, 5.74) is 3.75. The zero-order chi connectivity index (χ0) is 15.9. The maximum absolute atomic E-state index is 10.1. The van der Waals surface area contributed by atoms with Crippen LogP contribution < -0.4 is 0 Å². The van der Waals surface area contributed by atoms with Crippen LogP contribution >= 0.6 is 11.6 Å². The number of halogens is 1. The van der Waals surface area contributed by atoms with Crippen LogP contribution in [0.2, 0.25) is 5.02 Å². The Balaban J connectivity index is 2.15. The van der Waals surface area contributed by atoms with Crippen LogP contribution in [-0.4, -0.2) is 30.1 Å². The summed E-state index contributed by atoms with van der Waals surface area (Å²) in [6, 6.07) is 14.8. The molecule has 1 N–H and O–H groups in total. The monoisotopic (exact) mass is 315 g/mol. The fraction of sp³-hybridized carbons (Fsp3) is 0.368. The van der Waals surface area contributed by atoms with E-state index in [1.807, 2.05) is 18.2 Å². The Bertz CT molecular complexity index is 669. The van der Waals surface area contributed by atoms with Gasteiger partial charge in [0.25, 0.3) is 0 Å². The zero-order valence-electron chi connectivity index (χ0n) is 13.3. The fourth-order valence-electron chi connectivity index (χ4n) is 3.73. The molecule has 2 aromatic carbocycles. The molecule has 0 aromatic heterocycles. The standard InChI is InChI=1S/C19H22ClNO/c1-12-14-9-17(20)19(22)11-16(14)15(10-18(12)21(2)3)13-7-5-4-6-8-13/h4-9,11-12,15,18,22H,10H2,1-3H3. The van der Waals surface area contributed by atoms with E-state index in [0.29, 0.717) is 22.9 Å². The molecule has 116 valence electrons. The average molecular weight is 316 g/mol. The highest BCUT2D eigenvalue weighted by Gasteiger charge is 2.35. The lowest BCUT2D eigenvalue weighted by Gasteiger charge is -2.40. The molecule has 2 nitrogen and oxygen atoms in total. The third-order valence-electron chi connectivity index (χ3n) is 4.94. The van der Waals surface area contributed by atoms with Crippen molar-refractivity contribution >= 4 is 11.6 Å². The Hall–Kier alpha value is -1.51. The second kappa shape index (κ2) is 5.94. The highest BCUT2D eigenvalue weighted by Crippen LogP contribution is 2.46. The first-order valence-electron chi connectivity index (χ1n) is 7.72. The molecule has 0 radical (unpaired) electrons. The molecule has 0 saturated carbocycles. The van der Waals surface area contributed by atoms with Crippen LogP contribution in [0.15, 0.2) is 42.5 Å². The molecular formula is C19H22ClNO. The van der Waals surface area contributed by atoms with Crippen molar-refractivity contribution in [3.63, 3.8) is 0 Å². The fourth-order valence-corrected chi connectivity index (χ4v) is 3.90. The van der Waals surface area contributed by atoms with Gasteiger partial charge in [0.1, 0.15) is 5.75 Å². The molecule has 0 bridgehead atoms. The van der Waals surface area contributed by atoms with Gasteiger partial charge >= 0.3 is 0 Å². The molecule has 0 spiro atoms. The number of rotatable bonds is 2. The summed E-state index contributed by atoms with van der Waals surface area (Å²) in [7, 11) is 4.27. The van der Waals surface area contributed by atoms with E-state index in [1.54, 1.807) is 0 Å². The molecular weight excluding hydrogens is 294 g/mol. The summed E-state index contributed by atoms with van der Waals surface area (Å²) in [5, 5.41) is 10.5. The molecule has 3 rings (SSSR count). The smallest absolute Gasteiger partial charge is 0.134 e. The summed E-state index contributed by atoms with van der Waals surface area (Å²) < 4.78 is 0. The number of nitrogens with zero attached hydrogens (tertiary/aromatic N) is 1. The summed E-state index contributed by atoms with van der Waals surface area (Å²) in [6.07, 6.45) is 1.05. The third kappa shape index (κ3) is 2.62. The van der Waals surface area contributed by atoms with Crippen LogP contribution in [0.5, 0.6) is 5.75 Å². The number of likely N-dealkylation sites (N-methyl/N-ethyl adjacent to an activating group) is 1. The number of benzene rings is 2. The Morgan fingerprint density at radius 2 is 1.77 bits per heavy atom. The van der Waals surface area contributed by atoms with E-state index >= 15 is 0 Å². The van der Waals surface area contributed by atoms with Gasteiger partial charge in [-0.1, -0.05) is 48.9 Å². The van der Waals surface area contributed by atoms with Crippen LogP contribution in [0.1, 0.15) is 41.9 Å². The Labute approximate surface area is 137 Å². The van der Waals surface area contributed by atoms with E-state index in [4.69, 9.17) is 11.6 Å². The average Bonchev–Trinajstić information content (AvgIpc) is 2.50. The van der Waals surface area contributed by atoms with E-state index in [1.165, 1.54) is 16.7 Å². The van der Waals surface area contributed by atoms with Gasteiger partial charge in [-0.3, -0.25) is 0 Å². The molecule has 0 saturated heterocycles. The number of phenolic OH excluding ortho intramolecular Hbond substituents is 1. The third-order valence-corrected chi connectivity index (χ3v) is 5.24. The van der Waals surface area contributed by atoms with Gasteiger partial charge in [-0.15, -0.1) is 0 Å². The largest absolute Gasteiger partial charge is 0.506 e. The Kier molecular flexibility index (Phi) is 4.16. The molecule has 1 aliphatic carbocycles. The van der Waals surface area contributed by atoms with Crippen LogP contribution in [0.4, 0.5) is 0 Å². The van der Waals surface area contributed by atoms with Crippen molar-refractivity contribution in [3.05, 3.63) is 64.2 Å². The van der Waals surface area contributed by atoms with Gasteiger partial charge < -0.3 is 10.0 Å². The lowest BCUT2D eigenvalue weighted by molar-refractivity contribution is 0.227. The van der Waals surface area contributed by atoms with E-state index in [-0.39, 0.29) is 5.75 Å². The Morgan fingerprint density at radius 1 is 1.09 bits per heavy atom. The summed E-state index contributed by atoms with van der Waals surface area (Å²) >= 11 is 6.17. The molecule has 3 heteroatoms. The van der Waals surface area contributed by atoms with Crippen molar-refractivity contribution in [2.45, 2.75) is 31.2 Å². The lowest BCUT2D eigenvalue weighted by atomic mass is 9.71. The van der Waals surface area contributed by atoms with Gasteiger partial charge in [-0.2, -0.15) is 0 Å². The van der Waals surface area contributed by atoms with E-state index in [0.717, 1.165) is 6.42 Å². The van der Waals surface area contributed by atoms with Gasteiger partial charge in [-0.05, 0) is 55.3 Å². The second-order valence-corrected chi connectivity index (χ2v) is 6.86. The second-order valence-electron chi connectivity index (χ2n) is 6.45. The van der Waals surface area contributed by atoms with E-state index in [9.17, 15) is 5.11 Å². The first-order valence-corrected chi connectivity index (χ1v) is 8.10. The van der Waals surface area contributed by atoms with E-state index in [2.05, 4.69) is 50.2 Å². The highest BCUT2D eigenvalue weighted by atomic mass is 35.5. The number of phenols is 1. The first-order chi connectivity index (χ1) is 10.5. The summed E-state index contributed by atoms with van der Waals surface area (Å²) in [6.45, 7) is 2.25. The maximum atomic E-state index is 10.1. The van der Waals surface area contributed by atoms with Crippen molar-refractivity contribution in [2.24, 2.45) is 0 Å². The van der Waals surface area contributed by atoms with Crippen molar-refractivity contribution in [2.75, 3.05) is 14.1 Å². The zero-order valence-corrected chi connectivity index (χ0v) is 14.0. The lowest BCUT2D eigenvalue weighted by Crippen LogP contribution is -2.38. The van der Waals surface area contributed by atoms with Crippen LogP contribution in [0, 0.1) is 0 Å². The molecule has 0 amide bonds. The van der Waals surface area contributed by atoms with Crippen molar-refractivity contribution in [1.29, 1.82) is 0 Å². The molecule has 3 unspecified atom stereocenters. The molecule has 0 fully saturated rings. The molecule has 0 heterocycles. The Morgan fingerprint density at radius 3 is 2.41 bits per heavy atom. The van der Waals surface area contributed by atoms with Gasteiger partial charge in [0.2, 0.25) is 0 Å². The van der Waals surface area contributed by atoms with Crippen LogP contribution in [-0.2, 0) is 0 Å². The minimum Gasteiger partial charge on any atom is -0.506 e. The van der Waals surface area contributed by atoms with Gasteiger partial charge in [0.05, 0.1) is 5.02 Å². The van der Waals surface area contributed by atoms with Crippen LogP contribution in [0.3, 0.4) is 0 Å². The number of hydrogen-bond donors (Lipinski definition) is 1. The number of fused-ring (bicyclic) bond motifs is 1. The summed E-state index contributed by atoms with van der Waals surface area (Å²) in [5.74, 6) is 0.864. The molecule has 3 atom stereocenters. The predicted octanol–water partition coefficient (Wildman–Crippen LogP) is 4.61. The minimum absolute atomic E-state index is 0.178. The van der Waals surface area contributed by atoms with Crippen molar-refractivity contribution < 1.29 is 5.11 Å². The molecule has 2 aromatic rings. The number of hydrogen-bond acceptors (Lipinski definition) is 2. The van der Waals surface area contributed by atoms with Gasteiger partial charge in [-0.25, -0.2) is 0 Å². The quantitative estimate of drug-likeness (QED) is 0.874. The van der Waals surface area contributed by atoms with Gasteiger partial charge in [0.15, 0.2) is 0 Å². The minimum atomic E-state index is 0.178. The first kappa shape index (κ1) is 15.4. The van der Waals surface area contributed by atoms with Gasteiger partial charge in [0, 0.05) is 12.0 Å². The molecule has 22 heavy (non-hydrogen) atoms. The highest BCUT2D eigenvalue weighted by molar-refractivity contribution is 6.32.